The lowest BCUT2D eigenvalue weighted by molar-refractivity contribution is 0.354. The minimum absolute atomic E-state index is 0.286. The van der Waals surface area contributed by atoms with Crippen molar-refractivity contribution in [2.24, 2.45) is 0 Å². The third kappa shape index (κ3) is 4.98. The van der Waals surface area contributed by atoms with Crippen molar-refractivity contribution in [1.29, 1.82) is 0 Å². The van der Waals surface area contributed by atoms with E-state index >= 15 is 0 Å². The maximum absolute atomic E-state index is 13.1. The number of nitrogens with zero attached hydrogens (tertiary/aromatic N) is 2. The van der Waals surface area contributed by atoms with Gasteiger partial charge in [0.15, 0.2) is 11.5 Å². The molecule has 1 aromatic heterocycles. The van der Waals surface area contributed by atoms with E-state index in [2.05, 4.69) is 4.72 Å². The molecule has 30 heavy (non-hydrogen) atoms. The Kier molecular flexibility index (Phi) is 6.77. The summed E-state index contributed by atoms with van der Waals surface area (Å²) < 4.78 is 41.5. The van der Waals surface area contributed by atoms with E-state index in [1.54, 1.807) is 20.4 Å². The predicted octanol–water partition coefficient (Wildman–Crippen LogP) is 3.83. The molecule has 2 aromatic rings. The normalized spacial score (nSPS) is 15.5. The van der Waals surface area contributed by atoms with Crippen LogP contribution in [0.1, 0.15) is 63.8 Å². The summed E-state index contributed by atoms with van der Waals surface area (Å²) in [6, 6.07) is 5.90. The fraction of sp³-hybridized carbons (Fsp3) is 0.591. The van der Waals surface area contributed by atoms with Gasteiger partial charge in [-0.25, -0.2) is 13.1 Å². The number of sulfonamides is 1. The van der Waals surface area contributed by atoms with E-state index in [0.29, 0.717) is 29.7 Å². The third-order valence-electron chi connectivity index (χ3n) is 5.55. The maximum Gasteiger partial charge on any atom is 0.244 e. The van der Waals surface area contributed by atoms with Gasteiger partial charge >= 0.3 is 0 Å². The second-order valence-corrected chi connectivity index (χ2v) is 10.6. The van der Waals surface area contributed by atoms with Gasteiger partial charge < -0.3 is 9.47 Å². The number of methoxy groups -OCH3 is 2. The van der Waals surface area contributed by atoms with Gasteiger partial charge in [0.25, 0.3) is 0 Å². The molecule has 1 heterocycles. The fourth-order valence-corrected chi connectivity index (χ4v) is 5.27. The van der Waals surface area contributed by atoms with Crippen LogP contribution in [0, 0.1) is 0 Å². The molecule has 7 nitrogen and oxygen atoms in total. The molecule has 1 aliphatic rings. The van der Waals surface area contributed by atoms with Crippen molar-refractivity contribution >= 4 is 10.0 Å². The number of aromatic nitrogens is 2. The number of hydrogen-bond donors (Lipinski definition) is 1. The molecule has 1 aromatic carbocycles. The molecular weight excluding hydrogens is 402 g/mol. The first kappa shape index (κ1) is 22.6. The monoisotopic (exact) mass is 435 g/mol. The van der Waals surface area contributed by atoms with Crippen LogP contribution >= 0.6 is 0 Å². The second-order valence-electron chi connectivity index (χ2n) is 8.85. The molecule has 0 unspecified atom stereocenters. The highest BCUT2D eigenvalue weighted by Gasteiger charge is 2.31. The third-order valence-corrected chi connectivity index (χ3v) is 7.01. The molecule has 1 fully saturated rings. The summed E-state index contributed by atoms with van der Waals surface area (Å²) in [4.78, 5) is 0.286. The molecule has 1 aliphatic carbocycles. The highest BCUT2D eigenvalue weighted by Crippen LogP contribution is 2.33. The van der Waals surface area contributed by atoms with Crippen molar-refractivity contribution in [3.8, 4) is 11.5 Å². The quantitative estimate of drug-likeness (QED) is 0.681. The standard InChI is InChI=1S/C22H33N3O4S/c1-22(2,3)21-20(15-25(24-21)17-8-6-7-9-17)30(26,27)23-13-12-16-10-11-18(28-4)19(14-16)29-5/h10-11,14-15,17,23H,6-9,12-13H2,1-5H3. The Labute approximate surface area is 179 Å². The SMILES string of the molecule is COc1ccc(CCNS(=O)(=O)c2cn(C3CCCC3)nc2C(C)(C)C)cc1OC. The van der Waals surface area contributed by atoms with Gasteiger partial charge in [-0.1, -0.05) is 39.7 Å². The van der Waals surface area contributed by atoms with E-state index in [4.69, 9.17) is 14.6 Å². The number of rotatable bonds is 8. The lowest BCUT2D eigenvalue weighted by Crippen LogP contribution is -2.28. The Bertz CT molecular complexity index is 971. The van der Waals surface area contributed by atoms with Gasteiger partial charge in [-0.05, 0) is 37.0 Å². The molecule has 0 spiro atoms. The zero-order valence-electron chi connectivity index (χ0n) is 18.6. The molecule has 3 rings (SSSR count). The van der Waals surface area contributed by atoms with E-state index in [1.807, 2.05) is 43.7 Å². The Hall–Kier alpha value is -2.06. The van der Waals surface area contributed by atoms with Gasteiger partial charge in [-0.15, -0.1) is 0 Å². The summed E-state index contributed by atoms with van der Waals surface area (Å²) in [6.45, 7) is 6.28. The van der Waals surface area contributed by atoms with Crippen molar-refractivity contribution in [1.82, 2.24) is 14.5 Å². The van der Waals surface area contributed by atoms with E-state index in [0.717, 1.165) is 18.4 Å². The summed E-state index contributed by atoms with van der Waals surface area (Å²) in [5, 5.41) is 4.70. The summed E-state index contributed by atoms with van der Waals surface area (Å²) in [5.74, 6) is 1.28. The molecule has 1 N–H and O–H groups in total. The van der Waals surface area contributed by atoms with Crippen molar-refractivity contribution < 1.29 is 17.9 Å². The molecular formula is C22H33N3O4S. The van der Waals surface area contributed by atoms with Gasteiger partial charge in [-0.3, -0.25) is 4.68 Å². The molecule has 0 aliphatic heterocycles. The van der Waals surface area contributed by atoms with Crippen molar-refractivity contribution in [2.45, 2.75) is 69.2 Å². The first-order chi connectivity index (χ1) is 14.2. The first-order valence-electron chi connectivity index (χ1n) is 10.5. The van der Waals surface area contributed by atoms with Crippen LogP contribution in [0.25, 0.3) is 0 Å². The van der Waals surface area contributed by atoms with Crippen LogP contribution in [0.5, 0.6) is 11.5 Å². The number of ether oxygens (including phenoxy) is 2. The van der Waals surface area contributed by atoms with Gasteiger partial charge in [0.1, 0.15) is 4.90 Å². The maximum atomic E-state index is 13.1. The molecule has 0 atom stereocenters. The number of nitrogens with one attached hydrogen (secondary N) is 1. The van der Waals surface area contributed by atoms with Gasteiger partial charge in [-0.2, -0.15) is 5.10 Å². The Balaban J connectivity index is 1.76. The summed E-state index contributed by atoms with van der Waals surface area (Å²) in [6.07, 6.45) is 6.70. The largest absolute Gasteiger partial charge is 0.493 e. The van der Waals surface area contributed by atoms with Gasteiger partial charge in [0, 0.05) is 18.2 Å². The molecule has 0 bridgehead atoms. The highest BCUT2D eigenvalue weighted by atomic mass is 32.2. The molecule has 0 radical (unpaired) electrons. The van der Waals surface area contributed by atoms with Crippen molar-refractivity contribution in [3.05, 3.63) is 35.7 Å². The smallest absolute Gasteiger partial charge is 0.244 e. The van der Waals surface area contributed by atoms with E-state index in [-0.39, 0.29) is 16.9 Å². The molecule has 8 heteroatoms. The van der Waals surface area contributed by atoms with E-state index in [9.17, 15) is 8.42 Å². The van der Waals surface area contributed by atoms with Crippen LogP contribution in [0.15, 0.2) is 29.3 Å². The summed E-state index contributed by atoms with van der Waals surface area (Å²) in [7, 11) is -0.500. The average Bonchev–Trinajstić information content (AvgIpc) is 3.37. The van der Waals surface area contributed by atoms with Crippen LogP contribution in [0.2, 0.25) is 0 Å². The summed E-state index contributed by atoms with van der Waals surface area (Å²) >= 11 is 0. The van der Waals surface area contributed by atoms with Crippen LogP contribution < -0.4 is 14.2 Å². The topological polar surface area (TPSA) is 82.5 Å². The number of benzene rings is 1. The molecule has 1 saturated carbocycles. The number of hydrogen-bond acceptors (Lipinski definition) is 5. The second kappa shape index (κ2) is 8.98. The minimum atomic E-state index is -3.67. The van der Waals surface area contributed by atoms with E-state index < -0.39 is 10.0 Å². The molecule has 166 valence electrons. The first-order valence-corrected chi connectivity index (χ1v) is 11.9. The Morgan fingerprint density at radius 1 is 1.13 bits per heavy atom. The highest BCUT2D eigenvalue weighted by molar-refractivity contribution is 7.89. The van der Waals surface area contributed by atoms with Gasteiger partial charge in [0.2, 0.25) is 10.0 Å². The zero-order valence-corrected chi connectivity index (χ0v) is 19.4. The lowest BCUT2D eigenvalue weighted by Gasteiger charge is -2.18. The average molecular weight is 436 g/mol. The fourth-order valence-electron chi connectivity index (χ4n) is 3.89. The van der Waals surface area contributed by atoms with Crippen molar-refractivity contribution in [3.63, 3.8) is 0 Å². The molecule has 0 amide bonds. The molecule has 0 saturated heterocycles. The van der Waals surface area contributed by atoms with Crippen LogP contribution in [0.4, 0.5) is 0 Å². The van der Waals surface area contributed by atoms with Crippen LogP contribution in [-0.4, -0.2) is 39.0 Å². The van der Waals surface area contributed by atoms with Crippen molar-refractivity contribution in [2.75, 3.05) is 20.8 Å². The zero-order chi connectivity index (χ0) is 21.9. The predicted molar refractivity (Wildman–Crippen MR) is 117 cm³/mol. The van der Waals surface area contributed by atoms with Gasteiger partial charge in [0.05, 0.1) is 26.0 Å². The van der Waals surface area contributed by atoms with Crippen LogP contribution in [0.3, 0.4) is 0 Å². The lowest BCUT2D eigenvalue weighted by atomic mass is 9.92. The summed E-state index contributed by atoms with van der Waals surface area (Å²) in [5.41, 5.74) is 1.22. The Morgan fingerprint density at radius 3 is 2.40 bits per heavy atom. The minimum Gasteiger partial charge on any atom is -0.493 e. The van der Waals surface area contributed by atoms with Crippen LogP contribution in [-0.2, 0) is 21.9 Å². The van der Waals surface area contributed by atoms with E-state index in [1.165, 1.54) is 12.8 Å². The Morgan fingerprint density at radius 2 is 1.80 bits per heavy atom.